The molecule has 2 unspecified atom stereocenters. The van der Waals surface area contributed by atoms with E-state index in [1.165, 1.54) is 30.2 Å². The molecule has 3 rings (SSSR count). The van der Waals surface area contributed by atoms with Gasteiger partial charge < -0.3 is 25.8 Å². The average Bonchev–Trinajstić information content (AvgIpc) is 3.22. The molecule has 134 valence electrons. The molecule has 0 aliphatic carbocycles. The van der Waals surface area contributed by atoms with Gasteiger partial charge in [-0.25, -0.2) is 4.79 Å². The van der Waals surface area contributed by atoms with Crippen molar-refractivity contribution in [3.05, 3.63) is 33.7 Å². The molecular formula is C15H17N3O5S2. The Balaban J connectivity index is 1.80. The van der Waals surface area contributed by atoms with Crippen molar-refractivity contribution >= 4 is 40.9 Å². The Hall–Kier alpha value is -2.04. The number of esters is 1. The van der Waals surface area contributed by atoms with Crippen molar-refractivity contribution in [2.24, 2.45) is 5.73 Å². The molecule has 2 aliphatic rings. The highest BCUT2D eigenvalue weighted by molar-refractivity contribution is 8.00. The zero-order valence-corrected chi connectivity index (χ0v) is 15.0. The summed E-state index contributed by atoms with van der Waals surface area (Å²) in [5.41, 5.74) is 4.87. The lowest BCUT2D eigenvalue weighted by Gasteiger charge is -2.39. The molecule has 25 heavy (non-hydrogen) atoms. The summed E-state index contributed by atoms with van der Waals surface area (Å²) in [5.74, 6) is -1.27. The number of carbonyl (C=O) groups excluding carboxylic acids is 3. The minimum atomic E-state index is -1.79. The van der Waals surface area contributed by atoms with E-state index in [2.05, 4.69) is 10.6 Å². The third-order valence-corrected chi connectivity index (χ3v) is 6.11. The average molecular weight is 383 g/mol. The van der Waals surface area contributed by atoms with Crippen molar-refractivity contribution in [1.29, 1.82) is 0 Å². The summed E-state index contributed by atoms with van der Waals surface area (Å²) in [6, 6.07) is 3.66. The molecule has 0 fully saturated rings. The molecule has 0 saturated carbocycles. The Morgan fingerprint density at radius 2 is 2.36 bits per heavy atom. The molecule has 3 heterocycles. The maximum absolute atomic E-state index is 12.4. The first-order chi connectivity index (χ1) is 12.0. The van der Waals surface area contributed by atoms with Gasteiger partial charge >= 0.3 is 5.97 Å². The van der Waals surface area contributed by atoms with Crippen LogP contribution in [-0.2, 0) is 30.3 Å². The first kappa shape index (κ1) is 17.8. The number of thioether (sulfide) groups is 1. The van der Waals surface area contributed by atoms with Crippen LogP contribution in [0.5, 0.6) is 0 Å². The SMILES string of the molecule is COC(NC(=O)Cc1cccs1)(C(N)=O)C1NC2=C(COC2=O)CS1. The topological polar surface area (TPSA) is 120 Å². The van der Waals surface area contributed by atoms with Gasteiger partial charge in [0.05, 0.1) is 6.42 Å². The number of nitrogens with one attached hydrogen (secondary N) is 2. The van der Waals surface area contributed by atoms with Crippen molar-refractivity contribution < 1.29 is 23.9 Å². The molecule has 1 aromatic rings. The summed E-state index contributed by atoms with van der Waals surface area (Å²) in [5, 5.41) is 6.63. The van der Waals surface area contributed by atoms with Crippen LogP contribution in [0.1, 0.15) is 4.88 Å². The fraction of sp³-hybridized carbons (Fsp3) is 0.400. The van der Waals surface area contributed by atoms with Crippen LogP contribution in [0.15, 0.2) is 28.8 Å². The summed E-state index contributed by atoms with van der Waals surface area (Å²) < 4.78 is 10.3. The van der Waals surface area contributed by atoms with Crippen LogP contribution in [0.25, 0.3) is 0 Å². The molecule has 0 saturated heterocycles. The third-order valence-electron chi connectivity index (χ3n) is 3.93. The second kappa shape index (κ2) is 7.06. The van der Waals surface area contributed by atoms with Gasteiger partial charge in [0, 0.05) is 23.3 Å². The first-order valence-electron chi connectivity index (χ1n) is 7.42. The van der Waals surface area contributed by atoms with Gasteiger partial charge in [-0.15, -0.1) is 23.1 Å². The number of cyclic esters (lactones) is 1. The van der Waals surface area contributed by atoms with Crippen LogP contribution < -0.4 is 16.4 Å². The lowest BCUT2D eigenvalue weighted by molar-refractivity contribution is -0.152. The van der Waals surface area contributed by atoms with Gasteiger partial charge in [0.15, 0.2) is 0 Å². The Bertz CT molecular complexity index is 734. The summed E-state index contributed by atoms with van der Waals surface area (Å²) in [7, 11) is 1.29. The highest BCUT2D eigenvalue weighted by Crippen LogP contribution is 2.33. The smallest absolute Gasteiger partial charge is 0.354 e. The van der Waals surface area contributed by atoms with Gasteiger partial charge in [0.1, 0.15) is 17.7 Å². The lowest BCUT2D eigenvalue weighted by atomic mass is 10.1. The predicted molar refractivity (Wildman–Crippen MR) is 92.5 cm³/mol. The molecule has 2 atom stereocenters. The lowest BCUT2D eigenvalue weighted by Crippen LogP contribution is -2.68. The van der Waals surface area contributed by atoms with E-state index in [-0.39, 0.29) is 13.0 Å². The summed E-state index contributed by atoms with van der Waals surface area (Å²) in [6.45, 7) is 0.224. The molecule has 0 spiro atoms. The third kappa shape index (κ3) is 3.37. The van der Waals surface area contributed by atoms with E-state index < -0.39 is 28.9 Å². The zero-order valence-electron chi connectivity index (χ0n) is 13.4. The van der Waals surface area contributed by atoms with Crippen molar-refractivity contribution in [2.45, 2.75) is 17.5 Å². The second-order valence-corrected chi connectivity index (χ2v) is 7.62. The van der Waals surface area contributed by atoms with Crippen LogP contribution in [-0.4, -0.2) is 48.4 Å². The van der Waals surface area contributed by atoms with Crippen molar-refractivity contribution in [3.63, 3.8) is 0 Å². The highest BCUT2D eigenvalue weighted by atomic mass is 32.2. The second-order valence-electron chi connectivity index (χ2n) is 5.50. The van der Waals surface area contributed by atoms with Gasteiger partial charge in [-0.3, -0.25) is 9.59 Å². The van der Waals surface area contributed by atoms with Gasteiger partial charge in [-0.2, -0.15) is 0 Å². The number of primary amides is 1. The molecule has 4 N–H and O–H groups in total. The van der Waals surface area contributed by atoms with Crippen LogP contribution in [0.2, 0.25) is 0 Å². The number of ether oxygens (including phenoxy) is 2. The molecule has 0 aromatic carbocycles. The molecule has 2 amide bonds. The number of rotatable bonds is 6. The van der Waals surface area contributed by atoms with Crippen molar-refractivity contribution in [3.8, 4) is 0 Å². The fourth-order valence-electron chi connectivity index (χ4n) is 2.63. The number of amides is 2. The van der Waals surface area contributed by atoms with Gasteiger partial charge in [0.2, 0.25) is 5.91 Å². The van der Waals surface area contributed by atoms with Gasteiger partial charge in [-0.1, -0.05) is 6.07 Å². The largest absolute Gasteiger partial charge is 0.456 e. The van der Waals surface area contributed by atoms with Crippen LogP contribution in [0.3, 0.4) is 0 Å². The Labute approximate surface area is 152 Å². The standard InChI is InChI=1S/C15H17N3O5S2/c1-22-15(13(16)21,18-10(19)5-9-3-2-4-24-9)14-17-11-8(7-25-14)6-23-12(11)20/h2-4,14,17H,5-7H2,1H3,(H2,16,21)(H,18,19). The Morgan fingerprint density at radius 1 is 1.56 bits per heavy atom. The maximum Gasteiger partial charge on any atom is 0.354 e. The molecule has 10 heteroatoms. The number of hydrogen-bond donors (Lipinski definition) is 3. The predicted octanol–water partition coefficient (Wildman–Crippen LogP) is -0.292. The highest BCUT2D eigenvalue weighted by Gasteiger charge is 2.50. The molecule has 1 aromatic heterocycles. The molecule has 0 bridgehead atoms. The molecule has 8 nitrogen and oxygen atoms in total. The number of thiophene rings is 1. The molecule has 2 aliphatic heterocycles. The van der Waals surface area contributed by atoms with E-state index in [1.807, 2.05) is 17.5 Å². The number of nitrogens with two attached hydrogens (primary N) is 1. The quantitative estimate of drug-likeness (QED) is 0.456. The first-order valence-corrected chi connectivity index (χ1v) is 9.35. The monoisotopic (exact) mass is 383 g/mol. The molecule has 0 radical (unpaired) electrons. The number of methoxy groups -OCH3 is 1. The van der Waals surface area contributed by atoms with Crippen LogP contribution in [0.4, 0.5) is 0 Å². The van der Waals surface area contributed by atoms with Crippen LogP contribution in [0, 0.1) is 0 Å². The van der Waals surface area contributed by atoms with E-state index in [0.29, 0.717) is 11.4 Å². The van der Waals surface area contributed by atoms with Crippen LogP contribution >= 0.6 is 23.1 Å². The van der Waals surface area contributed by atoms with E-state index in [9.17, 15) is 14.4 Å². The van der Waals surface area contributed by atoms with Gasteiger partial charge in [0.25, 0.3) is 11.6 Å². The molecular weight excluding hydrogens is 366 g/mol. The minimum Gasteiger partial charge on any atom is -0.456 e. The Kier molecular flexibility index (Phi) is 5.02. The fourth-order valence-corrected chi connectivity index (χ4v) is 4.64. The zero-order chi connectivity index (χ0) is 18.0. The van der Waals surface area contributed by atoms with E-state index in [0.717, 1.165) is 10.5 Å². The normalized spacial score (nSPS) is 21.8. The van der Waals surface area contributed by atoms with Crippen molar-refractivity contribution in [1.82, 2.24) is 10.6 Å². The van der Waals surface area contributed by atoms with E-state index in [1.54, 1.807) is 0 Å². The summed E-state index contributed by atoms with van der Waals surface area (Å²) in [4.78, 5) is 37.2. The maximum atomic E-state index is 12.4. The van der Waals surface area contributed by atoms with Crippen molar-refractivity contribution in [2.75, 3.05) is 19.5 Å². The number of hydrogen-bond acceptors (Lipinski definition) is 8. The van der Waals surface area contributed by atoms with Gasteiger partial charge in [-0.05, 0) is 11.4 Å². The van der Waals surface area contributed by atoms with E-state index >= 15 is 0 Å². The number of carbonyl (C=O) groups is 3. The minimum absolute atomic E-state index is 0.101. The summed E-state index contributed by atoms with van der Waals surface area (Å²) >= 11 is 2.75. The Morgan fingerprint density at radius 3 is 3.00 bits per heavy atom. The summed E-state index contributed by atoms with van der Waals surface area (Å²) in [6.07, 6.45) is 0.101. The van der Waals surface area contributed by atoms with E-state index in [4.69, 9.17) is 15.2 Å².